The van der Waals surface area contributed by atoms with E-state index in [1.54, 1.807) is 31.4 Å². The summed E-state index contributed by atoms with van der Waals surface area (Å²) in [6.45, 7) is 0. The maximum atomic E-state index is 10.5. The number of aliphatic hydroxyl groups is 1. The topological polar surface area (TPSA) is 29.5 Å². The third-order valence-electron chi connectivity index (χ3n) is 2.59. The highest BCUT2D eigenvalue weighted by atomic mass is 32.1. The van der Waals surface area contributed by atoms with Gasteiger partial charge in [0.2, 0.25) is 0 Å². The average Bonchev–Trinajstić information content (AvgIpc) is 2.92. The zero-order chi connectivity index (χ0) is 12.3. The highest BCUT2D eigenvalue weighted by Gasteiger charge is 2.30. The van der Waals surface area contributed by atoms with Crippen LogP contribution in [0.2, 0.25) is 0 Å². The molecule has 0 aliphatic rings. The maximum absolute atomic E-state index is 10.5. The van der Waals surface area contributed by atoms with Crippen LogP contribution < -0.4 is 4.74 Å². The minimum Gasteiger partial charge on any atom is -0.497 e. The molecule has 0 radical (unpaired) electrons. The highest BCUT2D eigenvalue weighted by Crippen LogP contribution is 2.32. The first-order valence-corrected chi connectivity index (χ1v) is 5.97. The molecule has 2 aromatic rings. The number of hydrogen-bond acceptors (Lipinski definition) is 3. The van der Waals surface area contributed by atoms with Gasteiger partial charge in [-0.2, -0.15) is 0 Å². The molecule has 0 saturated heterocycles. The summed E-state index contributed by atoms with van der Waals surface area (Å²) in [6, 6.07) is 10.8. The van der Waals surface area contributed by atoms with E-state index in [0.717, 1.165) is 10.6 Å². The second-order valence-corrected chi connectivity index (χ2v) is 4.51. The molecule has 1 N–H and O–H groups in total. The Balaban J connectivity index is 2.45. The third-order valence-corrected chi connectivity index (χ3v) is 3.57. The van der Waals surface area contributed by atoms with Crippen LogP contribution in [-0.4, -0.2) is 12.2 Å². The Hall–Kier alpha value is -1.76. The molecule has 3 heteroatoms. The summed E-state index contributed by atoms with van der Waals surface area (Å²) in [4.78, 5) is 0.741. The molecule has 86 valence electrons. The predicted molar refractivity (Wildman–Crippen MR) is 69.1 cm³/mol. The molecule has 1 atom stereocenters. The Kier molecular flexibility index (Phi) is 3.19. The molecule has 0 aliphatic carbocycles. The van der Waals surface area contributed by atoms with Gasteiger partial charge in [-0.25, -0.2) is 0 Å². The zero-order valence-corrected chi connectivity index (χ0v) is 10.2. The van der Waals surface area contributed by atoms with Crippen LogP contribution in [0.25, 0.3) is 0 Å². The van der Waals surface area contributed by atoms with E-state index in [0.29, 0.717) is 5.56 Å². The molecule has 2 nitrogen and oxygen atoms in total. The van der Waals surface area contributed by atoms with Gasteiger partial charge in [-0.3, -0.25) is 0 Å². The lowest BCUT2D eigenvalue weighted by atomic mass is 9.93. The molecular formula is C14H12O2S. The van der Waals surface area contributed by atoms with Crippen LogP contribution in [0.3, 0.4) is 0 Å². The highest BCUT2D eigenvalue weighted by molar-refractivity contribution is 7.10. The summed E-state index contributed by atoms with van der Waals surface area (Å²) >= 11 is 1.44. The Morgan fingerprint density at radius 1 is 1.29 bits per heavy atom. The Morgan fingerprint density at radius 3 is 2.47 bits per heavy atom. The largest absolute Gasteiger partial charge is 0.497 e. The maximum Gasteiger partial charge on any atom is 0.185 e. The van der Waals surface area contributed by atoms with Crippen molar-refractivity contribution >= 4 is 11.3 Å². The number of thiophene rings is 1. The van der Waals surface area contributed by atoms with Crippen molar-refractivity contribution in [2.75, 3.05) is 7.11 Å². The monoisotopic (exact) mass is 244 g/mol. The summed E-state index contributed by atoms with van der Waals surface area (Å²) in [5.74, 6) is 3.20. The van der Waals surface area contributed by atoms with Gasteiger partial charge in [0.15, 0.2) is 5.60 Å². The SMILES string of the molecule is C#CC(O)(c1ccc(OC)cc1)c1cccs1. The van der Waals surface area contributed by atoms with Gasteiger partial charge in [0, 0.05) is 5.56 Å². The second-order valence-electron chi connectivity index (χ2n) is 3.56. The Bertz CT molecular complexity index is 522. The van der Waals surface area contributed by atoms with E-state index in [9.17, 15) is 5.11 Å². The van der Waals surface area contributed by atoms with E-state index in [4.69, 9.17) is 11.2 Å². The summed E-state index contributed by atoms with van der Waals surface area (Å²) in [6.07, 6.45) is 5.48. The van der Waals surface area contributed by atoms with Gasteiger partial charge in [0.25, 0.3) is 0 Å². The molecule has 0 bridgehead atoms. The molecule has 0 amide bonds. The first kappa shape index (κ1) is 11.7. The molecule has 1 aromatic heterocycles. The molecule has 17 heavy (non-hydrogen) atoms. The molecule has 1 aromatic carbocycles. The summed E-state index contributed by atoms with van der Waals surface area (Å²) in [7, 11) is 1.60. The molecule has 0 spiro atoms. The fourth-order valence-corrected chi connectivity index (χ4v) is 2.42. The van der Waals surface area contributed by atoms with Gasteiger partial charge in [0.05, 0.1) is 12.0 Å². The van der Waals surface area contributed by atoms with Gasteiger partial charge < -0.3 is 9.84 Å². The summed E-state index contributed by atoms with van der Waals surface area (Å²) in [5.41, 5.74) is -0.691. The minimum absolute atomic E-state index is 0.670. The van der Waals surface area contributed by atoms with E-state index in [-0.39, 0.29) is 0 Å². The van der Waals surface area contributed by atoms with Crippen LogP contribution in [0.4, 0.5) is 0 Å². The fraction of sp³-hybridized carbons (Fsp3) is 0.143. The van der Waals surface area contributed by atoms with E-state index in [1.165, 1.54) is 11.3 Å². The van der Waals surface area contributed by atoms with Crippen LogP contribution in [0.1, 0.15) is 10.4 Å². The average molecular weight is 244 g/mol. The lowest BCUT2D eigenvalue weighted by Crippen LogP contribution is -2.23. The van der Waals surface area contributed by atoms with Crippen LogP contribution in [0, 0.1) is 12.3 Å². The van der Waals surface area contributed by atoms with Gasteiger partial charge >= 0.3 is 0 Å². The van der Waals surface area contributed by atoms with Crippen molar-refractivity contribution in [2.45, 2.75) is 5.60 Å². The fourth-order valence-electron chi connectivity index (χ4n) is 1.61. The molecule has 2 rings (SSSR count). The van der Waals surface area contributed by atoms with E-state index < -0.39 is 5.60 Å². The Morgan fingerprint density at radius 2 is 2.00 bits per heavy atom. The van der Waals surface area contributed by atoms with Crippen molar-refractivity contribution in [2.24, 2.45) is 0 Å². The smallest absolute Gasteiger partial charge is 0.185 e. The van der Waals surface area contributed by atoms with E-state index in [1.807, 2.05) is 17.5 Å². The van der Waals surface area contributed by atoms with Crippen molar-refractivity contribution in [3.05, 3.63) is 52.2 Å². The summed E-state index contributed by atoms with van der Waals surface area (Å²) in [5, 5.41) is 12.4. The number of rotatable bonds is 3. The van der Waals surface area contributed by atoms with Crippen molar-refractivity contribution in [3.8, 4) is 18.1 Å². The van der Waals surface area contributed by atoms with E-state index in [2.05, 4.69) is 5.92 Å². The number of terminal acetylenes is 1. The summed E-state index contributed by atoms with van der Waals surface area (Å²) < 4.78 is 5.08. The number of hydrogen-bond donors (Lipinski definition) is 1. The van der Waals surface area contributed by atoms with Gasteiger partial charge in [-0.15, -0.1) is 17.8 Å². The minimum atomic E-state index is -1.36. The van der Waals surface area contributed by atoms with Crippen LogP contribution in [0.15, 0.2) is 41.8 Å². The molecule has 0 fully saturated rings. The number of benzene rings is 1. The third kappa shape index (κ3) is 2.05. The van der Waals surface area contributed by atoms with Crippen LogP contribution in [-0.2, 0) is 5.60 Å². The number of methoxy groups -OCH3 is 1. The lowest BCUT2D eigenvalue weighted by molar-refractivity contribution is 0.149. The van der Waals surface area contributed by atoms with Crippen molar-refractivity contribution in [1.29, 1.82) is 0 Å². The molecular weight excluding hydrogens is 232 g/mol. The van der Waals surface area contributed by atoms with Crippen molar-refractivity contribution < 1.29 is 9.84 Å². The molecule has 1 heterocycles. The predicted octanol–water partition coefficient (Wildman–Crippen LogP) is 2.63. The first-order valence-electron chi connectivity index (χ1n) is 5.09. The standard InChI is InChI=1S/C14H12O2S/c1-3-14(15,13-5-4-10-17-13)11-6-8-12(16-2)9-7-11/h1,4-10,15H,2H3. The molecule has 1 unspecified atom stereocenters. The van der Waals surface area contributed by atoms with Crippen molar-refractivity contribution in [3.63, 3.8) is 0 Å². The number of ether oxygens (including phenoxy) is 1. The normalized spacial score (nSPS) is 13.7. The quantitative estimate of drug-likeness (QED) is 0.841. The zero-order valence-electron chi connectivity index (χ0n) is 9.38. The van der Waals surface area contributed by atoms with Crippen molar-refractivity contribution in [1.82, 2.24) is 0 Å². The van der Waals surface area contributed by atoms with Gasteiger partial charge in [-0.1, -0.05) is 24.1 Å². The van der Waals surface area contributed by atoms with Crippen LogP contribution in [0.5, 0.6) is 5.75 Å². The first-order chi connectivity index (χ1) is 8.20. The lowest BCUT2D eigenvalue weighted by Gasteiger charge is -2.21. The van der Waals surface area contributed by atoms with Gasteiger partial charge in [0.1, 0.15) is 5.75 Å². The van der Waals surface area contributed by atoms with E-state index >= 15 is 0 Å². The van der Waals surface area contributed by atoms with Gasteiger partial charge in [-0.05, 0) is 23.6 Å². The molecule has 0 saturated carbocycles. The van der Waals surface area contributed by atoms with Crippen LogP contribution >= 0.6 is 11.3 Å². The Labute approximate surface area is 104 Å². The molecule has 0 aliphatic heterocycles. The second kappa shape index (κ2) is 4.62.